The van der Waals surface area contributed by atoms with Gasteiger partial charge in [0, 0.05) is 57.8 Å². The molecule has 0 spiro atoms. The first-order valence-corrected chi connectivity index (χ1v) is 13.0. The number of anilines is 1. The zero-order valence-electron chi connectivity index (χ0n) is 21.2. The van der Waals surface area contributed by atoms with Crippen molar-refractivity contribution in [3.8, 4) is 0 Å². The fourth-order valence-electron chi connectivity index (χ4n) is 5.17. The molecule has 1 saturated carbocycles. The third-order valence-corrected chi connectivity index (χ3v) is 7.55. The van der Waals surface area contributed by atoms with E-state index in [2.05, 4.69) is 28.2 Å². The molecule has 7 heteroatoms. The third-order valence-electron chi connectivity index (χ3n) is 7.55. The van der Waals surface area contributed by atoms with Gasteiger partial charge >= 0.3 is 0 Å². The average Bonchev–Trinajstić information content (AvgIpc) is 3.69. The first kappa shape index (κ1) is 24.3. The van der Waals surface area contributed by atoms with Crippen LogP contribution in [0.15, 0.2) is 59.5 Å². The van der Waals surface area contributed by atoms with Crippen LogP contribution in [-0.4, -0.2) is 59.5 Å². The van der Waals surface area contributed by atoms with Crippen LogP contribution >= 0.6 is 0 Å². The molecule has 1 amide bonds. The van der Waals surface area contributed by atoms with Crippen molar-refractivity contribution in [2.24, 2.45) is 17.8 Å². The van der Waals surface area contributed by atoms with Gasteiger partial charge in [0.25, 0.3) is 0 Å². The number of carbonyl (C=O) groups excluding carboxylic acids is 3. The Balaban J connectivity index is 1.16. The van der Waals surface area contributed by atoms with Crippen LogP contribution in [0, 0.1) is 17.8 Å². The molecule has 1 aromatic heterocycles. The number of allylic oxidation sites excluding steroid dienone is 8. The second-order valence-corrected chi connectivity index (χ2v) is 10.7. The van der Waals surface area contributed by atoms with Crippen LogP contribution in [0.25, 0.3) is 0 Å². The number of rotatable bonds is 8. The van der Waals surface area contributed by atoms with E-state index in [0.717, 1.165) is 48.0 Å². The van der Waals surface area contributed by atoms with Crippen molar-refractivity contribution in [3.05, 3.63) is 65.1 Å². The number of nitrogens with zero attached hydrogens (tertiary/aromatic N) is 4. The molecule has 188 valence electrons. The summed E-state index contributed by atoms with van der Waals surface area (Å²) in [6.45, 7) is 1.27. The second kappa shape index (κ2) is 10.3. The molecule has 7 nitrogen and oxygen atoms in total. The highest BCUT2D eigenvalue weighted by molar-refractivity contribution is 5.99. The van der Waals surface area contributed by atoms with E-state index in [4.69, 9.17) is 0 Å². The van der Waals surface area contributed by atoms with Gasteiger partial charge in [-0.15, -0.1) is 0 Å². The molecule has 0 radical (unpaired) electrons. The highest BCUT2D eigenvalue weighted by Gasteiger charge is 2.35. The van der Waals surface area contributed by atoms with Crippen LogP contribution < -0.4 is 4.90 Å². The van der Waals surface area contributed by atoms with E-state index in [1.807, 2.05) is 17.1 Å². The fraction of sp³-hybridized carbons (Fsp3) is 0.483. The smallest absolute Gasteiger partial charge is 0.228 e. The third kappa shape index (κ3) is 5.40. The lowest BCUT2D eigenvalue weighted by Gasteiger charge is -2.39. The van der Waals surface area contributed by atoms with Crippen molar-refractivity contribution in [3.63, 3.8) is 0 Å². The van der Waals surface area contributed by atoms with Gasteiger partial charge in [-0.05, 0) is 60.8 Å². The van der Waals surface area contributed by atoms with Gasteiger partial charge in [0.1, 0.15) is 0 Å². The zero-order valence-corrected chi connectivity index (χ0v) is 21.2. The summed E-state index contributed by atoms with van der Waals surface area (Å²) >= 11 is 0. The van der Waals surface area contributed by atoms with Crippen LogP contribution in [0.4, 0.5) is 5.95 Å². The van der Waals surface area contributed by atoms with Gasteiger partial charge in [0.05, 0.1) is 5.92 Å². The minimum absolute atomic E-state index is 0.00408. The van der Waals surface area contributed by atoms with Gasteiger partial charge < -0.3 is 9.80 Å². The van der Waals surface area contributed by atoms with E-state index in [9.17, 15) is 14.4 Å². The summed E-state index contributed by atoms with van der Waals surface area (Å²) in [6.07, 6.45) is 19.5. The Morgan fingerprint density at radius 2 is 1.81 bits per heavy atom. The Labute approximate surface area is 212 Å². The normalized spacial score (nSPS) is 22.3. The summed E-state index contributed by atoms with van der Waals surface area (Å²) in [7, 11) is 3.55. The number of hydrogen-bond acceptors (Lipinski definition) is 6. The summed E-state index contributed by atoms with van der Waals surface area (Å²) in [6, 6.07) is 0. The van der Waals surface area contributed by atoms with E-state index in [1.165, 1.54) is 0 Å². The summed E-state index contributed by atoms with van der Waals surface area (Å²) in [4.78, 5) is 50.3. The van der Waals surface area contributed by atoms with Gasteiger partial charge in [0.15, 0.2) is 11.6 Å². The maximum Gasteiger partial charge on any atom is 0.228 e. The van der Waals surface area contributed by atoms with E-state index in [-0.39, 0.29) is 29.4 Å². The minimum atomic E-state index is -0.0394. The monoisotopic (exact) mass is 486 g/mol. The Morgan fingerprint density at radius 3 is 2.50 bits per heavy atom. The van der Waals surface area contributed by atoms with Crippen LogP contribution in [0.3, 0.4) is 0 Å². The van der Waals surface area contributed by atoms with Crippen LogP contribution in [-0.2, 0) is 20.8 Å². The Morgan fingerprint density at radius 1 is 1.06 bits per heavy atom. The first-order chi connectivity index (χ1) is 17.4. The Kier molecular flexibility index (Phi) is 6.99. The molecule has 36 heavy (non-hydrogen) atoms. The van der Waals surface area contributed by atoms with Crippen LogP contribution in [0.5, 0.6) is 0 Å². The molecular formula is C29H34N4O3. The molecule has 2 heterocycles. The molecule has 1 saturated heterocycles. The second-order valence-electron chi connectivity index (χ2n) is 10.7. The van der Waals surface area contributed by atoms with Gasteiger partial charge in [-0.3, -0.25) is 14.4 Å². The van der Waals surface area contributed by atoms with Crippen molar-refractivity contribution in [1.29, 1.82) is 0 Å². The molecule has 5 rings (SSSR count). The molecule has 2 fully saturated rings. The molecule has 1 atom stereocenters. The number of carbonyl (C=O) groups is 3. The molecule has 4 aliphatic rings. The summed E-state index contributed by atoms with van der Waals surface area (Å²) in [5.41, 5.74) is 3.75. The van der Waals surface area contributed by atoms with E-state index >= 15 is 0 Å². The zero-order chi connectivity index (χ0) is 25.2. The van der Waals surface area contributed by atoms with Crippen molar-refractivity contribution in [2.45, 2.75) is 44.9 Å². The lowest BCUT2D eigenvalue weighted by Crippen LogP contribution is -2.54. The first-order valence-electron chi connectivity index (χ1n) is 13.0. The predicted octanol–water partition coefficient (Wildman–Crippen LogP) is 3.63. The topological polar surface area (TPSA) is 83.5 Å². The van der Waals surface area contributed by atoms with Gasteiger partial charge in [-0.25, -0.2) is 9.97 Å². The van der Waals surface area contributed by atoms with Gasteiger partial charge in [-0.2, -0.15) is 0 Å². The van der Waals surface area contributed by atoms with Crippen molar-refractivity contribution in [1.82, 2.24) is 14.9 Å². The molecule has 1 aliphatic heterocycles. The molecule has 1 aromatic rings. The number of Topliss-reactive ketones (excluding diaryl/α,β-unsaturated/α-hetero) is 2. The maximum atomic E-state index is 13.3. The number of amides is 1. The summed E-state index contributed by atoms with van der Waals surface area (Å²) in [5, 5.41) is 0. The SMILES string of the molecule is CN(C)C(=O)C1CN(c2ncc(CC3=CCC[C@@H](CC4=CC=C(C(=O)C5CC5)CC=C4)C3=O)cn2)C1. The minimum Gasteiger partial charge on any atom is -0.348 e. The number of hydrogen-bond donors (Lipinski definition) is 0. The van der Waals surface area contributed by atoms with Crippen LogP contribution in [0.1, 0.15) is 44.1 Å². The average molecular weight is 487 g/mol. The number of ketones is 2. The Hall–Kier alpha value is -3.35. The summed E-state index contributed by atoms with van der Waals surface area (Å²) in [5.74, 6) is 1.46. The van der Waals surface area contributed by atoms with Gasteiger partial charge in [-0.1, -0.05) is 30.4 Å². The molecule has 3 aliphatic carbocycles. The standard InChI is InChI=1S/C29H34N4O3/c1-32(2)28(36)25-17-33(18-25)29-30-15-20(16-31-29)14-24-8-4-7-23(27(24)35)13-19-5-3-6-21(10-9-19)26(34)22-11-12-22/h3,5,8-10,15-16,22-23,25H,4,6-7,11-14,17-18H2,1-2H3/t23-/m0/s1. The molecule has 0 aromatic carbocycles. The predicted molar refractivity (Wildman–Crippen MR) is 138 cm³/mol. The highest BCUT2D eigenvalue weighted by Crippen LogP contribution is 2.34. The van der Waals surface area contributed by atoms with E-state index in [0.29, 0.717) is 44.1 Å². The van der Waals surface area contributed by atoms with Crippen molar-refractivity contribution >= 4 is 23.4 Å². The van der Waals surface area contributed by atoms with Crippen molar-refractivity contribution in [2.75, 3.05) is 32.1 Å². The van der Waals surface area contributed by atoms with E-state index < -0.39 is 0 Å². The summed E-state index contributed by atoms with van der Waals surface area (Å²) < 4.78 is 0. The van der Waals surface area contributed by atoms with E-state index in [1.54, 1.807) is 31.4 Å². The lowest BCUT2D eigenvalue weighted by molar-refractivity contribution is -0.133. The highest BCUT2D eigenvalue weighted by atomic mass is 16.2. The van der Waals surface area contributed by atoms with Crippen LogP contribution in [0.2, 0.25) is 0 Å². The van der Waals surface area contributed by atoms with Crippen molar-refractivity contribution < 1.29 is 14.4 Å². The molecule has 0 N–H and O–H groups in total. The molecular weight excluding hydrogens is 452 g/mol. The largest absolute Gasteiger partial charge is 0.348 e. The quantitative estimate of drug-likeness (QED) is 0.558. The number of aromatic nitrogens is 2. The fourth-order valence-corrected chi connectivity index (χ4v) is 5.17. The lowest BCUT2D eigenvalue weighted by atomic mass is 9.81. The molecule has 0 bridgehead atoms. The van der Waals surface area contributed by atoms with Gasteiger partial charge in [0.2, 0.25) is 11.9 Å². The molecule has 0 unspecified atom stereocenters. The maximum absolute atomic E-state index is 13.3. The Bertz CT molecular complexity index is 1170.